The predicted octanol–water partition coefficient (Wildman–Crippen LogP) is 11.3. The molecule has 3 aromatic heterocycles. The second kappa shape index (κ2) is 15.4. The van der Waals surface area contributed by atoms with Crippen molar-refractivity contribution in [3.05, 3.63) is 139 Å². The van der Waals surface area contributed by atoms with Crippen LogP contribution in [0.1, 0.15) is 25.0 Å². The van der Waals surface area contributed by atoms with Crippen LogP contribution in [0.5, 0.6) is 0 Å². The number of aromatic nitrogens is 2. The maximum Gasteiger partial charge on any atom is 0 e. The molecule has 2 nitrogen and oxygen atoms in total. The van der Waals surface area contributed by atoms with Gasteiger partial charge in [0.05, 0.1) is 0 Å². The summed E-state index contributed by atoms with van der Waals surface area (Å²) in [6.07, 6.45) is 4.99. The summed E-state index contributed by atoms with van der Waals surface area (Å²) in [4.78, 5) is 9.18. The fourth-order valence-electron chi connectivity index (χ4n) is 6.01. The molecule has 0 amide bonds. The van der Waals surface area contributed by atoms with Crippen LogP contribution in [-0.2, 0) is 26.5 Å². The van der Waals surface area contributed by atoms with Crippen LogP contribution in [0.4, 0.5) is 4.39 Å². The summed E-state index contributed by atoms with van der Waals surface area (Å²) >= 11 is -0.00796. The summed E-state index contributed by atoms with van der Waals surface area (Å²) in [6, 6.07) is 38.9. The van der Waals surface area contributed by atoms with Crippen LogP contribution in [0, 0.1) is 30.8 Å². The Morgan fingerprint density at radius 1 is 0.812 bits per heavy atom. The molecule has 3 heterocycles. The van der Waals surface area contributed by atoms with Crippen molar-refractivity contribution in [3.8, 4) is 33.6 Å². The molecule has 0 saturated heterocycles. The summed E-state index contributed by atoms with van der Waals surface area (Å²) in [6.45, 7) is 6.63. The average molecular weight is 888 g/mol. The zero-order chi connectivity index (χ0) is 33.1. The molecular formula is C42H39FGeIrN2S-2. The zero-order valence-electron chi connectivity index (χ0n) is 28.2. The quantitative estimate of drug-likeness (QED) is 0.123. The topological polar surface area (TPSA) is 25.8 Å². The van der Waals surface area contributed by atoms with E-state index in [1.54, 1.807) is 6.07 Å². The first-order chi connectivity index (χ1) is 22.6. The van der Waals surface area contributed by atoms with Gasteiger partial charge in [-0.25, -0.2) is 0 Å². The molecule has 7 aromatic rings. The van der Waals surface area contributed by atoms with E-state index in [0.29, 0.717) is 5.92 Å². The van der Waals surface area contributed by atoms with Gasteiger partial charge in [0, 0.05) is 31.0 Å². The van der Waals surface area contributed by atoms with Crippen molar-refractivity contribution in [3.63, 3.8) is 0 Å². The minimum atomic E-state index is -1.84. The number of halogens is 1. The number of benzene rings is 4. The third-order valence-corrected chi connectivity index (χ3v) is 13.9. The molecule has 4 aromatic carbocycles. The maximum absolute atomic E-state index is 12.9. The molecule has 245 valence electrons. The van der Waals surface area contributed by atoms with Gasteiger partial charge >= 0.3 is 110 Å². The van der Waals surface area contributed by atoms with E-state index in [9.17, 15) is 4.39 Å². The van der Waals surface area contributed by atoms with Gasteiger partial charge in [-0.05, 0) is 57.4 Å². The second-order valence-corrected chi connectivity index (χ2v) is 25.1. The molecule has 0 atom stereocenters. The Balaban J connectivity index is 0.000000205. The molecule has 0 unspecified atom stereocenters. The van der Waals surface area contributed by atoms with Gasteiger partial charge < -0.3 is 4.98 Å². The minimum absolute atomic E-state index is 0. The second-order valence-electron chi connectivity index (χ2n) is 13.5. The van der Waals surface area contributed by atoms with E-state index in [-0.39, 0.29) is 25.9 Å². The van der Waals surface area contributed by atoms with E-state index in [4.69, 9.17) is 0 Å². The molecule has 0 spiro atoms. The van der Waals surface area contributed by atoms with Gasteiger partial charge in [0.25, 0.3) is 0 Å². The largest absolute Gasteiger partial charge is 0 e. The first-order valence-electron chi connectivity index (χ1n) is 16.1. The molecule has 0 fully saturated rings. The number of rotatable bonds is 6. The molecule has 0 N–H and O–H groups in total. The van der Waals surface area contributed by atoms with Crippen molar-refractivity contribution in [2.75, 3.05) is 0 Å². The van der Waals surface area contributed by atoms with Gasteiger partial charge in [-0.15, -0.1) is 23.8 Å². The summed E-state index contributed by atoms with van der Waals surface area (Å²) < 4.78 is 16.8. The fourth-order valence-corrected chi connectivity index (χ4v) is 10.8. The number of pyridine rings is 2. The van der Waals surface area contributed by atoms with Gasteiger partial charge in [0.15, 0.2) is 0 Å². The van der Waals surface area contributed by atoms with Crippen molar-refractivity contribution in [1.29, 1.82) is 0 Å². The van der Waals surface area contributed by atoms with Crippen LogP contribution in [0.25, 0.3) is 53.8 Å². The smallest absolute Gasteiger partial charge is 0 e. The molecular weight excluding hydrogens is 848 g/mol. The molecule has 0 saturated carbocycles. The maximum atomic E-state index is 12.9. The SMILES string of the molecule is CC(C)Cc1ccnc(-c2[c-]ccc3c2sc2ccc(-c4ccccc4)cc23)c1.Cc1cc(-c2[c-]cc(F)cc2)nc[c]1[Ge]([CH3])([CH3])[CH3].[Ir]. The number of aryl methyl sites for hydroxylation is 1. The van der Waals surface area contributed by atoms with Gasteiger partial charge in [-0.2, -0.15) is 11.3 Å². The number of nitrogens with zero attached hydrogens (tertiary/aromatic N) is 2. The average Bonchev–Trinajstić information content (AvgIpc) is 3.43. The monoisotopic (exact) mass is 889 g/mol. The summed E-state index contributed by atoms with van der Waals surface area (Å²) in [5.41, 5.74) is 8.95. The van der Waals surface area contributed by atoms with Crippen LogP contribution < -0.4 is 4.40 Å². The molecule has 7 rings (SSSR count). The third-order valence-electron chi connectivity index (χ3n) is 8.23. The fraction of sp³-hybridized carbons (Fsp3) is 0.190. The van der Waals surface area contributed by atoms with Gasteiger partial charge in [0.1, 0.15) is 0 Å². The standard InChI is InChI=1S/C27H22NS.C15H17FGeN.Ir/c1-18(2)15-19-13-14-28-25(16-19)23-10-6-9-22-24-17-21(20-7-4-3-5-8-20)11-12-26(24)29-27(22)23;1-11-9-15(12-5-7-13(16)8-6-12)18-10-14(11)17(2,3)4;/h3-9,11-14,16-18H,15H2,1-2H3;5,7-10H,1-4H3;/q2*-1;. The number of thiophene rings is 1. The number of hydrogen-bond acceptors (Lipinski definition) is 3. The number of fused-ring (bicyclic) bond motifs is 3. The zero-order valence-corrected chi connectivity index (χ0v) is 33.5. The molecule has 0 aliphatic rings. The Kier molecular flexibility index (Phi) is 11.5. The van der Waals surface area contributed by atoms with Crippen molar-refractivity contribution in [1.82, 2.24) is 9.97 Å². The molecule has 6 heteroatoms. The normalized spacial score (nSPS) is 11.3. The van der Waals surface area contributed by atoms with Crippen LogP contribution in [-0.4, -0.2) is 23.2 Å². The van der Waals surface area contributed by atoms with Crippen LogP contribution in [0.3, 0.4) is 0 Å². The summed E-state index contributed by atoms with van der Waals surface area (Å²) in [5.74, 6) is 7.43. The van der Waals surface area contributed by atoms with Crippen molar-refractivity contribution < 1.29 is 24.5 Å². The third kappa shape index (κ3) is 8.21. The van der Waals surface area contributed by atoms with E-state index in [0.717, 1.165) is 28.9 Å². The van der Waals surface area contributed by atoms with Crippen LogP contribution in [0.15, 0.2) is 109 Å². The van der Waals surface area contributed by atoms with E-state index in [1.807, 2.05) is 29.8 Å². The van der Waals surface area contributed by atoms with Gasteiger partial charge in [-0.3, -0.25) is 0 Å². The number of hydrogen-bond donors (Lipinski definition) is 0. The minimum Gasteiger partial charge on any atom is 0 e. The molecule has 48 heavy (non-hydrogen) atoms. The van der Waals surface area contributed by atoms with Crippen LogP contribution in [0.2, 0.25) is 17.3 Å². The van der Waals surface area contributed by atoms with E-state index >= 15 is 0 Å². The molecule has 0 aliphatic heterocycles. The molecule has 0 aliphatic carbocycles. The van der Waals surface area contributed by atoms with E-state index < -0.39 is 13.3 Å². The Morgan fingerprint density at radius 2 is 1.60 bits per heavy atom. The van der Waals surface area contributed by atoms with Crippen molar-refractivity contribution in [2.24, 2.45) is 5.92 Å². The van der Waals surface area contributed by atoms with Crippen LogP contribution >= 0.6 is 11.3 Å². The first-order valence-corrected chi connectivity index (χ1v) is 24.2. The Bertz CT molecular complexity index is 2150. The Labute approximate surface area is 304 Å². The van der Waals surface area contributed by atoms with E-state index in [1.165, 1.54) is 59.0 Å². The predicted molar refractivity (Wildman–Crippen MR) is 202 cm³/mol. The van der Waals surface area contributed by atoms with Crippen molar-refractivity contribution >= 4 is 49.2 Å². The van der Waals surface area contributed by atoms with Gasteiger partial charge in [0.2, 0.25) is 0 Å². The Morgan fingerprint density at radius 3 is 2.29 bits per heavy atom. The van der Waals surface area contributed by atoms with Crippen molar-refractivity contribution in [2.45, 2.75) is 44.5 Å². The van der Waals surface area contributed by atoms with E-state index in [2.05, 4.69) is 133 Å². The first kappa shape index (κ1) is 35.8. The summed E-state index contributed by atoms with van der Waals surface area (Å²) in [5, 5.41) is 2.59. The molecule has 0 bridgehead atoms. The van der Waals surface area contributed by atoms with Gasteiger partial charge in [-0.1, -0.05) is 67.3 Å². The summed E-state index contributed by atoms with van der Waals surface area (Å²) in [7, 11) is 0. The molecule has 1 radical (unpaired) electrons. The Hall–Kier alpha value is -3.48.